The van der Waals surface area contributed by atoms with Crippen LogP contribution in [0.1, 0.15) is 23.2 Å². The second-order valence-electron chi connectivity index (χ2n) is 6.33. The number of H-pyrrole nitrogens is 1. The predicted molar refractivity (Wildman–Crippen MR) is 94.9 cm³/mol. The standard InChI is InChI=1S/C18H20N6O/c1-12-4-2-3-5-16(12)24-17(8-9-20-24)22-18(25)21-14-6-7-15-13(10-14)11-19-23-15/h2-5,8-9,11,14H,6-7,10H2,1H3,(H,19,23)(H2,21,22,25). The average molecular weight is 336 g/mol. The van der Waals surface area contributed by atoms with Crippen molar-refractivity contribution in [2.75, 3.05) is 5.32 Å². The molecule has 25 heavy (non-hydrogen) atoms. The van der Waals surface area contributed by atoms with Crippen LogP contribution in [0.25, 0.3) is 5.69 Å². The molecule has 7 heteroatoms. The first-order valence-electron chi connectivity index (χ1n) is 8.39. The molecule has 1 unspecified atom stereocenters. The number of aryl methyl sites for hydroxylation is 2. The molecule has 0 aliphatic heterocycles. The van der Waals surface area contributed by atoms with Gasteiger partial charge in [0.2, 0.25) is 0 Å². The zero-order valence-corrected chi connectivity index (χ0v) is 14.0. The van der Waals surface area contributed by atoms with E-state index in [4.69, 9.17) is 0 Å². The van der Waals surface area contributed by atoms with E-state index in [1.54, 1.807) is 16.9 Å². The second-order valence-corrected chi connectivity index (χ2v) is 6.33. The zero-order valence-electron chi connectivity index (χ0n) is 14.0. The molecule has 128 valence electrons. The third-order valence-electron chi connectivity index (χ3n) is 4.58. The van der Waals surface area contributed by atoms with Crippen molar-refractivity contribution in [2.45, 2.75) is 32.2 Å². The first kappa shape index (κ1) is 15.4. The Labute approximate surface area is 145 Å². The van der Waals surface area contributed by atoms with Crippen LogP contribution in [0.2, 0.25) is 0 Å². The van der Waals surface area contributed by atoms with Crippen molar-refractivity contribution in [1.29, 1.82) is 0 Å². The number of aromatic nitrogens is 4. The Kier molecular flexibility index (Phi) is 3.97. The van der Waals surface area contributed by atoms with Crippen molar-refractivity contribution in [2.24, 2.45) is 0 Å². The Morgan fingerprint density at radius 2 is 2.20 bits per heavy atom. The van der Waals surface area contributed by atoms with Gasteiger partial charge in [0.15, 0.2) is 0 Å². The van der Waals surface area contributed by atoms with Gasteiger partial charge in [-0.05, 0) is 43.4 Å². The van der Waals surface area contributed by atoms with Gasteiger partial charge in [-0.2, -0.15) is 10.2 Å². The Morgan fingerprint density at radius 3 is 3.08 bits per heavy atom. The normalized spacial score (nSPS) is 16.3. The molecule has 4 rings (SSSR count). The van der Waals surface area contributed by atoms with Gasteiger partial charge in [-0.3, -0.25) is 10.4 Å². The summed E-state index contributed by atoms with van der Waals surface area (Å²) in [5, 5.41) is 17.4. The van der Waals surface area contributed by atoms with Crippen molar-refractivity contribution < 1.29 is 4.79 Å². The Hall–Kier alpha value is -3.09. The first-order valence-corrected chi connectivity index (χ1v) is 8.39. The number of para-hydroxylation sites is 1. The summed E-state index contributed by atoms with van der Waals surface area (Å²) in [5.74, 6) is 0.645. The van der Waals surface area contributed by atoms with E-state index >= 15 is 0 Å². The van der Waals surface area contributed by atoms with Crippen LogP contribution < -0.4 is 10.6 Å². The van der Waals surface area contributed by atoms with Gasteiger partial charge in [-0.1, -0.05) is 18.2 Å². The molecule has 1 aromatic carbocycles. The Bertz CT molecular complexity index is 896. The Balaban J connectivity index is 1.44. The molecule has 3 aromatic rings. The molecule has 0 saturated heterocycles. The molecule has 0 saturated carbocycles. The summed E-state index contributed by atoms with van der Waals surface area (Å²) in [6, 6.07) is 9.62. The fraction of sp³-hybridized carbons (Fsp3) is 0.278. The third-order valence-corrected chi connectivity index (χ3v) is 4.58. The van der Waals surface area contributed by atoms with Crippen LogP contribution in [0.4, 0.5) is 10.6 Å². The largest absolute Gasteiger partial charge is 0.335 e. The van der Waals surface area contributed by atoms with Crippen LogP contribution >= 0.6 is 0 Å². The summed E-state index contributed by atoms with van der Waals surface area (Å²) >= 11 is 0. The molecule has 2 amide bonds. The number of hydrogen-bond acceptors (Lipinski definition) is 3. The van der Waals surface area contributed by atoms with Crippen LogP contribution in [-0.2, 0) is 12.8 Å². The molecule has 1 atom stereocenters. The minimum absolute atomic E-state index is 0.111. The number of nitrogens with zero attached hydrogens (tertiary/aromatic N) is 3. The van der Waals surface area contributed by atoms with Gasteiger partial charge >= 0.3 is 6.03 Å². The molecule has 7 nitrogen and oxygen atoms in total. The monoisotopic (exact) mass is 336 g/mol. The molecule has 0 fully saturated rings. The highest BCUT2D eigenvalue weighted by molar-refractivity contribution is 5.88. The fourth-order valence-electron chi connectivity index (χ4n) is 3.27. The maximum absolute atomic E-state index is 12.4. The third kappa shape index (κ3) is 3.13. The van der Waals surface area contributed by atoms with Crippen molar-refractivity contribution in [3.8, 4) is 5.69 Å². The molecular formula is C18H20N6O. The summed E-state index contributed by atoms with van der Waals surface area (Å²) < 4.78 is 1.74. The molecular weight excluding hydrogens is 316 g/mol. The minimum atomic E-state index is -0.215. The summed E-state index contributed by atoms with van der Waals surface area (Å²) in [4.78, 5) is 12.4. The summed E-state index contributed by atoms with van der Waals surface area (Å²) in [7, 11) is 0. The smallest absolute Gasteiger partial charge is 0.320 e. The van der Waals surface area contributed by atoms with Crippen molar-refractivity contribution in [3.63, 3.8) is 0 Å². The number of fused-ring (bicyclic) bond motifs is 1. The lowest BCUT2D eigenvalue weighted by Crippen LogP contribution is -2.41. The number of urea groups is 1. The quantitative estimate of drug-likeness (QED) is 0.687. The molecule has 1 aliphatic rings. The minimum Gasteiger partial charge on any atom is -0.335 e. The SMILES string of the molecule is Cc1ccccc1-n1nccc1NC(=O)NC1CCc2[nH]ncc2C1. The number of nitrogens with one attached hydrogen (secondary N) is 3. The number of hydrogen-bond donors (Lipinski definition) is 3. The Morgan fingerprint density at radius 1 is 1.32 bits per heavy atom. The maximum Gasteiger partial charge on any atom is 0.320 e. The maximum atomic E-state index is 12.4. The van der Waals surface area contributed by atoms with E-state index in [-0.39, 0.29) is 12.1 Å². The molecule has 2 aromatic heterocycles. The molecule has 0 bridgehead atoms. The zero-order chi connectivity index (χ0) is 17.2. The fourth-order valence-corrected chi connectivity index (χ4v) is 3.27. The molecule has 0 radical (unpaired) electrons. The van der Waals surface area contributed by atoms with Gasteiger partial charge in [0.1, 0.15) is 5.82 Å². The van der Waals surface area contributed by atoms with E-state index in [1.165, 1.54) is 11.3 Å². The van der Waals surface area contributed by atoms with Gasteiger partial charge in [0, 0.05) is 17.8 Å². The van der Waals surface area contributed by atoms with E-state index < -0.39 is 0 Å². The van der Waals surface area contributed by atoms with Crippen LogP contribution in [-0.4, -0.2) is 32.1 Å². The molecule has 2 heterocycles. The number of carbonyl (C=O) groups is 1. The number of anilines is 1. The summed E-state index contributed by atoms with van der Waals surface area (Å²) in [5.41, 5.74) is 4.40. The number of carbonyl (C=O) groups excluding carboxylic acids is 1. The van der Waals surface area contributed by atoms with Crippen molar-refractivity contribution in [1.82, 2.24) is 25.3 Å². The van der Waals surface area contributed by atoms with Gasteiger partial charge in [0.05, 0.1) is 18.1 Å². The summed E-state index contributed by atoms with van der Waals surface area (Å²) in [6.07, 6.45) is 6.13. The molecule has 3 N–H and O–H groups in total. The van der Waals surface area contributed by atoms with Gasteiger partial charge < -0.3 is 5.32 Å². The number of aromatic amines is 1. The lowest BCUT2D eigenvalue weighted by Gasteiger charge is -2.23. The lowest BCUT2D eigenvalue weighted by atomic mass is 9.94. The predicted octanol–water partition coefficient (Wildman–Crippen LogP) is 2.58. The average Bonchev–Trinajstić information content (AvgIpc) is 3.24. The van der Waals surface area contributed by atoms with Crippen LogP contribution in [0.5, 0.6) is 0 Å². The van der Waals surface area contributed by atoms with Gasteiger partial charge in [0.25, 0.3) is 0 Å². The van der Waals surface area contributed by atoms with Gasteiger partial charge in [-0.15, -0.1) is 0 Å². The molecule has 0 spiro atoms. The van der Waals surface area contributed by atoms with Crippen molar-refractivity contribution in [3.05, 3.63) is 59.5 Å². The van der Waals surface area contributed by atoms with Crippen LogP contribution in [0.3, 0.4) is 0 Å². The van der Waals surface area contributed by atoms with E-state index in [0.29, 0.717) is 5.82 Å². The second kappa shape index (κ2) is 6.43. The van der Waals surface area contributed by atoms with E-state index in [2.05, 4.69) is 25.9 Å². The summed E-state index contributed by atoms with van der Waals surface area (Å²) in [6.45, 7) is 2.02. The number of benzene rings is 1. The van der Waals surface area contributed by atoms with Crippen molar-refractivity contribution >= 4 is 11.8 Å². The van der Waals surface area contributed by atoms with E-state index in [0.717, 1.165) is 30.5 Å². The van der Waals surface area contributed by atoms with Crippen LogP contribution in [0.15, 0.2) is 42.7 Å². The van der Waals surface area contributed by atoms with E-state index in [9.17, 15) is 4.79 Å². The van der Waals surface area contributed by atoms with E-state index in [1.807, 2.05) is 37.4 Å². The highest BCUT2D eigenvalue weighted by Gasteiger charge is 2.22. The highest BCUT2D eigenvalue weighted by Crippen LogP contribution is 2.20. The number of rotatable bonds is 3. The molecule has 1 aliphatic carbocycles. The number of amides is 2. The first-order chi connectivity index (χ1) is 12.2. The lowest BCUT2D eigenvalue weighted by molar-refractivity contribution is 0.247. The van der Waals surface area contributed by atoms with Crippen LogP contribution in [0, 0.1) is 6.92 Å². The highest BCUT2D eigenvalue weighted by atomic mass is 16.2. The topological polar surface area (TPSA) is 87.6 Å². The van der Waals surface area contributed by atoms with Gasteiger partial charge in [-0.25, -0.2) is 9.48 Å².